The van der Waals surface area contributed by atoms with Crippen molar-refractivity contribution >= 4 is 5.82 Å². The first-order chi connectivity index (χ1) is 9.14. The summed E-state index contributed by atoms with van der Waals surface area (Å²) in [7, 11) is 0. The zero-order valence-electron chi connectivity index (χ0n) is 12.6. The molecule has 2 N–H and O–H groups in total. The summed E-state index contributed by atoms with van der Waals surface area (Å²) in [5, 5.41) is 0. The molecule has 3 heteroatoms. The van der Waals surface area contributed by atoms with E-state index in [4.69, 9.17) is 10.7 Å². The zero-order valence-corrected chi connectivity index (χ0v) is 12.6. The topological polar surface area (TPSA) is 42.1 Å². The molecule has 0 atom stereocenters. The molecule has 2 rings (SSSR count). The lowest BCUT2D eigenvalue weighted by atomic mass is 9.74. The fraction of sp³-hybridized carbons (Fsp3) is 0.688. The van der Waals surface area contributed by atoms with Gasteiger partial charge in [0.25, 0.3) is 0 Å². The lowest BCUT2D eigenvalue weighted by molar-refractivity contribution is 0.199. The molecule has 0 aliphatic carbocycles. The summed E-state index contributed by atoms with van der Waals surface area (Å²) in [4.78, 5) is 7.14. The van der Waals surface area contributed by atoms with Gasteiger partial charge in [-0.05, 0) is 36.8 Å². The second kappa shape index (κ2) is 5.91. The Kier molecular flexibility index (Phi) is 4.46. The number of nitrogens with two attached hydrogens (primary N) is 1. The first-order valence-electron chi connectivity index (χ1n) is 7.55. The standard InChI is InChI=1S/C16H27N3/c1-4-16(5-2)8-10-19(11-9-16)15-7-6-14(12-17)13(3)18-15/h6-7H,4-5,8-12,17H2,1-3H3. The van der Waals surface area contributed by atoms with Gasteiger partial charge in [0.05, 0.1) is 0 Å². The van der Waals surface area contributed by atoms with Crippen LogP contribution in [0.1, 0.15) is 50.8 Å². The lowest BCUT2D eigenvalue weighted by Crippen LogP contribution is -2.40. The highest BCUT2D eigenvalue weighted by Gasteiger charge is 2.31. The summed E-state index contributed by atoms with van der Waals surface area (Å²) < 4.78 is 0. The van der Waals surface area contributed by atoms with E-state index in [0.717, 1.165) is 30.2 Å². The van der Waals surface area contributed by atoms with Crippen LogP contribution >= 0.6 is 0 Å². The van der Waals surface area contributed by atoms with E-state index in [1.54, 1.807) is 0 Å². The monoisotopic (exact) mass is 261 g/mol. The Hall–Kier alpha value is -1.09. The third-order valence-corrected chi connectivity index (χ3v) is 5.05. The maximum atomic E-state index is 5.70. The first-order valence-corrected chi connectivity index (χ1v) is 7.55. The molecule has 1 aliphatic heterocycles. The quantitative estimate of drug-likeness (QED) is 0.904. The Balaban J connectivity index is 2.07. The molecule has 0 bridgehead atoms. The molecular weight excluding hydrogens is 234 g/mol. The van der Waals surface area contributed by atoms with Gasteiger partial charge in [0.1, 0.15) is 5.82 Å². The number of pyridine rings is 1. The minimum atomic E-state index is 0.572. The average molecular weight is 261 g/mol. The SMILES string of the molecule is CCC1(CC)CCN(c2ccc(CN)c(C)n2)CC1. The summed E-state index contributed by atoms with van der Waals surface area (Å²) in [5.41, 5.74) is 8.49. The van der Waals surface area contributed by atoms with E-state index in [-0.39, 0.29) is 0 Å². The van der Waals surface area contributed by atoms with E-state index < -0.39 is 0 Å². The van der Waals surface area contributed by atoms with Crippen molar-refractivity contribution in [2.75, 3.05) is 18.0 Å². The number of piperidine rings is 1. The van der Waals surface area contributed by atoms with Gasteiger partial charge in [-0.15, -0.1) is 0 Å². The molecule has 19 heavy (non-hydrogen) atoms. The van der Waals surface area contributed by atoms with Crippen LogP contribution in [0.5, 0.6) is 0 Å². The molecule has 0 radical (unpaired) electrons. The van der Waals surface area contributed by atoms with Crippen molar-refractivity contribution in [1.82, 2.24) is 4.98 Å². The molecule has 0 saturated carbocycles. The van der Waals surface area contributed by atoms with Gasteiger partial charge in [-0.25, -0.2) is 4.98 Å². The summed E-state index contributed by atoms with van der Waals surface area (Å²) in [6.07, 6.45) is 5.19. The van der Waals surface area contributed by atoms with Gasteiger partial charge in [0.2, 0.25) is 0 Å². The minimum absolute atomic E-state index is 0.572. The molecule has 1 aliphatic rings. The average Bonchev–Trinajstić information content (AvgIpc) is 2.47. The fourth-order valence-corrected chi connectivity index (χ4v) is 3.14. The van der Waals surface area contributed by atoms with Crippen LogP contribution in [-0.4, -0.2) is 18.1 Å². The molecule has 0 spiro atoms. The Morgan fingerprint density at radius 1 is 1.21 bits per heavy atom. The molecule has 1 saturated heterocycles. The normalized spacial score (nSPS) is 18.6. The van der Waals surface area contributed by atoms with E-state index in [2.05, 4.69) is 37.8 Å². The van der Waals surface area contributed by atoms with Crippen molar-refractivity contribution in [3.63, 3.8) is 0 Å². The second-order valence-electron chi connectivity index (χ2n) is 5.81. The molecule has 1 fully saturated rings. The maximum absolute atomic E-state index is 5.70. The van der Waals surface area contributed by atoms with Crippen LogP contribution < -0.4 is 10.6 Å². The van der Waals surface area contributed by atoms with Gasteiger partial charge < -0.3 is 10.6 Å². The van der Waals surface area contributed by atoms with Crippen molar-refractivity contribution in [2.24, 2.45) is 11.1 Å². The van der Waals surface area contributed by atoms with Crippen LogP contribution in [0.4, 0.5) is 5.82 Å². The third-order valence-electron chi connectivity index (χ3n) is 5.05. The predicted octanol–water partition coefficient (Wildman–Crippen LogP) is 3.26. The number of anilines is 1. The highest BCUT2D eigenvalue weighted by molar-refractivity contribution is 5.42. The number of aromatic nitrogens is 1. The molecule has 106 valence electrons. The number of nitrogens with zero attached hydrogens (tertiary/aromatic N) is 2. The minimum Gasteiger partial charge on any atom is -0.357 e. The zero-order chi connectivity index (χ0) is 13.9. The molecule has 1 aromatic heterocycles. The summed E-state index contributed by atoms with van der Waals surface area (Å²) in [6, 6.07) is 4.25. The molecule has 1 aromatic rings. The third kappa shape index (κ3) is 2.92. The summed E-state index contributed by atoms with van der Waals surface area (Å²) in [6.45, 7) is 9.56. The number of hydrogen-bond acceptors (Lipinski definition) is 3. The van der Waals surface area contributed by atoms with Crippen LogP contribution in [0.2, 0.25) is 0 Å². The van der Waals surface area contributed by atoms with Crippen LogP contribution in [0.3, 0.4) is 0 Å². The van der Waals surface area contributed by atoms with Crippen molar-refractivity contribution in [3.05, 3.63) is 23.4 Å². The van der Waals surface area contributed by atoms with Crippen molar-refractivity contribution in [2.45, 2.75) is 53.0 Å². The van der Waals surface area contributed by atoms with E-state index in [0.29, 0.717) is 12.0 Å². The molecule has 2 heterocycles. The summed E-state index contributed by atoms with van der Waals surface area (Å²) in [5.74, 6) is 1.12. The van der Waals surface area contributed by atoms with Gasteiger partial charge in [-0.3, -0.25) is 0 Å². The van der Waals surface area contributed by atoms with Gasteiger partial charge in [-0.2, -0.15) is 0 Å². The number of rotatable bonds is 4. The van der Waals surface area contributed by atoms with Crippen molar-refractivity contribution in [1.29, 1.82) is 0 Å². The number of hydrogen-bond donors (Lipinski definition) is 1. The van der Waals surface area contributed by atoms with Gasteiger partial charge in [0, 0.05) is 25.3 Å². The van der Waals surface area contributed by atoms with Gasteiger partial charge in [0.15, 0.2) is 0 Å². The maximum Gasteiger partial charge on any atom is 0.128 e. The Labute approximate surface area is 117 Å². The molecule has 0 aromatic carbocycles. The lowest BCUT2D eigenvalue weighted by Gasteiger charge is -2.41. The van der Waals surface area contributed by atoms with Gasteiger partial charge in [-0.1, -0.05) is 32.8 Å². The molecule has 0 unspecified atom stereocenters. The first kappa shape index (κ1) is 14.3. The smallest absolute Gasteiger partial charge is 0.128 e. The van der Waals surface area contributed by atoms with E-state index in [9.17, 15) is 0 Å². The van der Waals surface area contributed by atoms with E-state index in [1.807, 2.05) is 0 Å². The highest BCUT2D eigenvalue weighted by atomic mass is 15.2. The van der Waals surface area contributed by atoms with Crippen molar-refractivity contribution in [3.8, 4) is 0 Å². The van der Waals surface area contributed by atoms with Crippen LogP contribution in [0.15, 0.2) is 12.1 Å². The molecule has 0 amide bonds. The Bertz CT molecular complexity index is 414. The van der Waals surface area contributed by atoms with E-state index in [1.165, 1.54) is 25.7 Å². The van der Waals surface area contributed by atoms with Crippen LogP contribution in [0, 0.1) is 12.3 Å². The highest BCUT2D eigenvalue weighted by Crippen LogP contribution is 2.38. The largest absolute Gasteiger partial charge is 0.357 e. The fourth-order valence-electron chi connectivity index (χ4n) is 3.14. The Morgan fingerprint density at radius 2 is 1.84 bits per heavy atom. The summed E-state index contributed by atoms with van der Waals surface area (Å²) >= 11 is 0. The van der Waals surface area contributed by atoms with Gasteiger partial charge >= 0.3 is 0 Å². The predicted molar refractivity (Wildman–Crippen MR) is 81.3 cm³/mol. The molecular formula is C16H27N3. The van der Waals surface area contributed by atoms with Crippen LogP contribution in [-0.2, 0) is 6.54 Å². The second-order valence-corrected chi connectivity index (χ2v) is 5.81. The van der Waals surface area contributed by atoms with Crippen LogP contribution in [0.25, 0.3) is 0 Å². The number of aryl methyl sites for hydroxylation is 1. The van der Waals surface area contributed by atoms with Crippen molar-refractivity contribution < 1.29 is 0 Å². The molecule has 3 nitrogen and oxygen atoms in total. The van der Waals surface area contributed by atoms with E-state index >= 15 is 0 Å². The Morgan fingerprint density at radius 3 is 2.32 bits per heavy atom.